The normalized spacial score (nSPS) is 11.8. The lowest BCUT2D eigenvalue weighted by molar-refractivity contribution is 0.600. The predicted octanol–water partition coefficient (Wildman–Crippen LogP) is 3.20. The number of imidazole rings is 1. The van der Waals surface area contributed by atoms with Crippen LogP contribution in [0.15, 0.2) is 42.6 Å². The Morgan fingerprint density at radius 2 is 1.74 bits per heavy atom. The maximum atomic E-state index is 12.3. The Morgan fingerprint density at radius 3 is 2.43 bits per heavy atom. The van der Waals surface area contributed by atoms with E-state index in [2.05, 4.69) is 9.71 Å². The van der Waals surface area contributed by atoms with Crippen LogP contribution in [0.2, 0.25) is 0 Å². The van der Waals surface area contributed by atoms with Gasteiger partial charge in [0, 0.05) is 11.9 Å². The van der Waals surface area contributed by atoms with Crippen molar-refractivity contribution < 1.29 is 8.42 Å². The zero-order valence-corrected chi connectivity index (χ0v) is 14.2. The van der Waals surface area contributed by atoms with Crippen molar-refractivity contribution in [2.75, 3.05) is 4.72 Å². The molecular formula is C17H19N3O2S. The Morgan fingerprint density at radius 1 is 1.04 bits per heavy atom. The number of rotatable bonds is 4. The van der Waals surface area contributed by atoms with E-state index in [1.54, 1.807) is 12.3 Å². The summed E-state index contributed by atoms with van der Waals surface area (Å²) in [6.45, 7) is 5.87. The molecule has 0 spiro atoms. The van der Waals surface area contributed by atoms with Crippen molar-refractivity contribution in [2.24, 2.45) is 0 Å². The van der Waals surface area contributed by atoms with Crippen LogP contribution in [0, 0.1) is 20.8 Å². The second kappa shape index (κ2) is 5.70. The summed E-state index contributed by atoms with van der Waals surface area (Å²) < 4.78 is 29.2. The first-order chi connectivity index (χ1) is 10.8. The number of aromatic nitrogens is 2. The summed E-state index contributed by atoms with van der Waals surface area (Å²) in [4.78, 5) is 4.41. The zero-order chi connectivity index (χ0) is 16.6. The first-order valence-electron chi connectivity index (χ1n) is 7.35. The van der Waals surface area contributed by atoms with Gasteiger partial charge in [0.1, 0.15) is 5.65 Å². The third kappa shape index (κ3) is 3.37. The molecular weight excluding hydrogens is 310 g/mol. The number of nitrogens with zero attached hydrogens (tertiary/aromatic N) is 2. The van der Waals surface area contributed by atoms with Gasteiger partial charge in [0.2, 0.25) is 10.0 Å². The van der Waals surface area contributed by atoms with E-state index in [0.717, 1.165) is 28.2 Å². The van der Waals surface area contributed by atoms with Crippen LogP contribution in [0.25, 0.3) is 5.65 Å². The fourth-order valence-electron chi connectivity index (χ4n) is 2.46. The number of anilines is 1. The van der Waals surface area contributed by atoms with Gasteiger partial charge in [0.05, 0.1) is 17.1 Å². The first-order valence-corrected chi connectivity index (χ1v) is 9.01. The standard InChI is InChI=1S/C17H19N3O2S/c1-12-4-6-15(7-5-12)11-23(21,22)19-16-8-9-17-18-13(2)14(3)20(17)10-16/h4-10,19H,11H2,1-3H3. The Balaban J connectivity index is 1.85. The van der Waals surface area contributed by atoms with Gasteiger partial charge in [-0.05, 0) is 38.5 Å². The highest BCUT2D eigenvalue weighted by Crippen LogP contribution is 2.17. The minimum absolute atomic E-state index is 0.0484. The van der Waals surface area contributed by atoms with Crippen LogP contribution in [0.1, 0.15) is 22.5 Å². The van der Waals surface area contributed by atoms with E-state index in [1.807, 2.05) is 55.5 Å². The quantitative estimate of drug-likeness (QED) is 0.799. The largest absolute Gasteiger partial charge is 0.302 e. The SMILES string of the molecule is Cc1ccc(CS(=O)(=O)Nc2ccc3nc(C)c(C)n3c2)cc1. The fourth-order valence-corrected chi connectivity index (χ4v) is 3.64. The molecule has 3 rings (SSSR count). The molecule has 3 aromatic rings. The Bertz CT molecular complexity index is 957. The zero-order valence-electron chi connectivity index (χ0n) is 13.4. The molecule has 1 N–H and O–H groups in total. The molecule has 0 amide bonds. The van der Waals surface area contributed by atoms with Crippen LogP contribution in [0.5, 0.6) is 0 Å². The van der Waals surface area contributed by atoms with Crippen LogP contribution < -0.4 is 4.72 Å². The van der Waals surface area contributed by atoms with Crippen LogP contribution >= 0.6 is 0 Å². The lowest BCUT2D eigenvalue weighted by atomic mass is 10.2. The molecule has 2 heterocycles. The van der Waals surface area contributed by atoms with Gasteiger partial charge in [-0.15, -0.1) is 0 Å². The van der Waals surface area contributed by atoms with Gasteiger partial charge < -0.3 is 4.40 Å². The summed E-state index contributed by atoms with van der Waals surface area (Å²) in [6, 6.07) is 11.0. The van der Waals surface area contributed by atoms with E-state index >= 15 is 0 Å². The molecule has 0 saturated carbocycles. The highest BCUT2D eigenvalue weighted by atomic mass is 32.2. The summed E-state index contributed by atoms with van der Waals surface area (Å²) in [6.07, 6.45) is 1.76. The smallest absolute Gasteiger partial charge is 0.236 e. The molecule has 2 aromatic heterocycles. The van der Waals surface area contributed by atoms with Gasteiger partial charge in [0.15, 0.2) is 0 Å². The average molecular weight is 329 g/mol. The number of fused-ring (bicyclic) bond motifs is 1. The molecule has 23 heavy (non-hydrogen) atoms. The van der Waals surface area contributed by atoms with Gasteiger partial charge in [-0.3, -0.25) is 4.72 Å². The molecule has 0 aliphatic heterocycles. The number of nitrogens with one attached hydrogen (secondary N) is 1. The number of pyridine rings is 1. The Kier molecular flexibility index (Phi) is 3.85. The van der Waals surface area contributed by atoms with E-state index in [9.17, 15) is 8.42 Å². The number of benzene rings is 1. The lowest BCUT2D eigenvalue weighted by Crippen LogP contribution is -2.15. The van der Waals surface area contributed by atoms with Crippen LogP contribution in [-0.4, -0.2) is 17.8 Å². The van der Waals surface area contributed by atoms with E-state index in [-0.39, 0.29) is 5.75 Å². The van der Waals surface area contributed by atoms with Crippen LogP contribution in [-0.2, 0) is 15.8 Å². The molecule has 1 aromatic carbocycles. The Labute approximate surface area is 136 Å². The van der Waals surface area contributed by atoms with Gasteiger partial charge in [-0.25, -0.2) is 13.4 Å². The third-order valence-electron chi connectivity index (χ3n) is 3.84. The van der Waals surface area contributed by atoms with Gasteiger partial charge in [-0.1, -0.05) is 29.8 Å². The molecule has 0 radical (unpaired) electrons. The number of sulfonamides is 1. The molecule has 6 heteroatoms. The molecule has 0 unspecified atom stereocenters. The van der Waals surface area contributed by atoms with E-state index in [1.165, 1.54) is 0 Å². The topological polar surface area (TPSA) is 63.5 Å². The molecule has 0 saturated heterocycles. The summed E-state index contributed by atoms with van der Waals surface area (Å²) in [5.41, 5.74) is 5.14. The maximum Gasteiger partial charge on any atom is 0.236 e. The molecule has 0 fully saturated rings. The molecule has 120 valence electrons. The monoisotopic (exact) mass is 329 g/mol. The minimum atomic E-state index is -3.46. The van der Waals surface area contributed by atoms with Crippen LogP contribution in [0.3, 0.4) is 0 Å². The number of aryl methyl sites for hydroxylation is 3. The van der Waals surface area contributed by atoms with Crippen molar-refractivity contribution in [1.82, 2.24) is 9.38 Å². The number of hydrogen-bond donors (Lipinski definition) is 1. The summed E-state index contributed by atoms with van der Waals surface area (Å²) in [5, 5.41) is 0. The Hall–Kier alpha value is -2.34. The van der Waals surface area contributed by atoms with Crippen molar-refractivity contribution in [2.45, 2.75) is 26.5 Å². The third-order valence-corrected chi connectivity index (χ3v) is 5.10. The minimum Gasteiger partial charge on any atom is -0.302 e. The van der Waals surface area contributed by atoms with Gasteiger partial charge in [0.25, 0.3) is 0 Å². The fraction of sp³-hybridized carbons (Fsp3) is 0.235. The van der Waals surface area contributed by atoms with Crippen molar-refractivity contribution in [3.63, 3.8) is 0 Å². The molecule has 0 atom stereocenters. The van der Waals surface area contributed by atoms with Gasteiger partial charge >= 0.3 is 0 Å². The second-order valence-corrected chi connectivity index (χ2v) is 7.50. The first kappa shape index (κ1) is 15.6. The number of hydrogen-bond acceptors (Lipinski definition) is 3. The maximum absolute atomic E-state index is 12.3. The van der Waals surface area contributed by atoms with Crippen LogP contribution in [0.4, 0.5) is 5.69 Å². The molecule has 5 nitrogen and oxygen atoms in total. The van der Waals surface area contributed by atoms with Crippen molar-refractivity contribution in [3.8, 4) is 0 Å². The van der Waals surface area contributed by atoms with Crippen molar-refractivity contribution >= 4 is 21.4 Å². The highest BCUT2D eigenvalue weighted by molar-refractivity contribution is 7.91. The second-order valence-electron chi connectivity index (χ2n) is 5.78. The highest BCUT2D eigenvalue weighted by Gasteiger charge is 2.13. The van der Waals surface area contributed by atoms with E-state index in [0.29, 0.717) is 5.69 Å². The average Bonchev–Trinajstić information content (AvgIpc) is 2.76. The predicted molar refractivity (Wildman–Crippen MR) is 92.1 cm³/mol. The summed E-state index contributed by atoms with van der Waals surface area (Å²) in [7, 11) is -3.46. The summed E-state index contributed by atoms with van der Waals surface area (Å²) in [5.74, 6) is -0.0484. The molecule has 0 bridgehead atoms. The molecule has 0 aliphatic rings. The van der Waals surface area contributed by atoms with E-state index in [4.69, 9.17) is 0 Å². The van der Waals surface area contributed by atoms with Crippen molar-refractivity contribution in [3.05, 3.63) is 65.1 Å². The molecule has 0 aliphatic carbocycles. The summed E-state index contributed by atoms with van der Waals surface area (Å²) >= 11 is 0. The van der Waals surface area contributed by atoms with E-state index < -0.39 is 10.0 Å². The van der Waals surface area contributed by atoms with Crippen molar-refractivity contribution in [1.29, 1.82) is 0 Å². The van der Waals surface area contributed by atoms with Gasteiger partial charge in [-0.2, -0.15) is 0 Å². The lowest BCUT2D eigenvalue weighted by Gasteiger charge is -2.09.